The molecule has 0 atom stereocenters. The van der Waals surface area contributed by atoms with Gasteiger partial charge in [0.15, 0.2) is 0 Å². The Balaban J connectivity index is 3.50. The molecule has 0 aliphatic carbocycles. The van der Waals surface area contributed by atoms with Crippen molar-refractivity contribution in [3.05, 3.63) is 17.2 Å². The minimum Gasteiger partial charge on any atom is -0.859 e. The van der Waals surface area contributed by atoms with E-state index in [0.29, 0.717) is 0 Å². The molecule has 4 nitrogen and oxygen atoms in total. The van der Waals surface area contributed by atoms with Crippen LogP contribution in [-0.2, 0) is 6.18 Å². The SMILES string of the molecule is N#Cc1c(C(F)(F)F)cc([O-])nc1[O-]. The first kappa shape index (κ1) is 10.1. The van der Waals surface area contributed by atoms with Crippen LogP contribution < -0.4 is 10.2 Å². The number of rotatable bonds is 0. The van der Waals surface area contributed by atoms with Crippen molar-refractivity contribution < 1.29 is 23.4 Å². The van der Waals surface area contributed by atoms with Gasteiger partial charge in [0, 0.05) is 5.88 Å². The van der Waals surface area contributed by atoms with Gasteiger partial charge in [0.1, 0.15) is 6.07 Å². The van der Waals surface area contributed by atoms with Crippen LogP contribution in [0, 0.1) is 11.3 Å². The molecule has 1 heterocycles. The van der Waals surface area contributed by atoms with Crippen LogP contribution in [0.25, 0.3) is 0 Å². The molecule has 0 bridgehead atoms. The molecule has 0 radical (unpaired) electrons. The third kappa shape index (κ3) is 1.69. The van der Waals surface area contributed by atoms with Crippen molar-refractivity contribution >= 4 is 0 Å². The largest absolute Gasteiger partial charge is 0.859 e. The van der Waals surface area contributed by atoms with Crippen molar-refractivity contribution in [2.24, 2.45) is 0 Å². The molecule has 0 aliphatic heterocycles. The average molecular weight is 202 g/mol. The van der Waals surface area contributed by atoms with Crippen LogP contribution in [0.1, 0.15) is 11.1 Å². The van der Waals surface area contributed by atoms with Crippen molar-refractivity contribution in [3.63, 3.8) is 0 Å². The number of hydrogen-bond donors (Lipinski definition) is 0. The summed E-state index contributed by atoms with van der Waals surface area (Å²) in [5.74, 6) is -2.76. The third-order valence-corrected chi connectivity index (χ3v) is 1.38. The number of aromatic nitrogens is 1. The summed E-state index contributed by atoms with van der Waals surface area (Å²) in [6.45, 7) is 0. The molecular formula is C7HF3N2O2-2. The Morgan fingerprint density at radius 2 is 1.93 bits per heavy atom. The van der Waals surface area contributed by atoms with Gasteiger partial charge < -0.3 is 10.2 Å². The van der Waals surface area contributed by atoms with Crippen molar-refractivity contribution in [2.45, 2.75) is 6.18 Å². The van der Waals surface area contributed by atoms with Gasteiger partial charge in [-0.05, 0) is 11.9 Å². The zero-order chi connectivity index (χ0) is 10.9. The van der Waals surface area contributed by atoms with Crippen molar-refractivity contribution in [1.82, 2.24) is 4.98 Å². The molecule has 0 aliphatic rings. The second-order valence-electron chi connectivity index (χ2n) is 2.30. The Morgan fingerprint density at radius 3 is 2.36 bits per heavy atom. The molecule has 0 N–H and O–H groups in total. The van der Waals surface area contributed by atoms with Crippen LogP contribution >= 0.6 is 0 Å². The molecule has 1 aromatic rings. The fourth-order valence-corrected chi connectivity index (χ4v) is 0.831. The molecule has 74 valence electrons. The quantitative estimate of drug-likeness (QED) is 0.598. The van der Waals surface area contributed by atoms with Crippen molar-refractivity contribution in [1.29, 1.82) is 5.26 Å². The Hall–Kier alpha value is -1.97. The monoisotopic (exact) mass is 202 g/mol. The Morgan fingerprint density at radius 1 is 1.36 bits per heavy atom. The molecule has 0 aromatic carbocycles. The van der Waals surface area contributed by atoms with Gasteiger partial charge in [-0.3, -0.25) is 4.98 Å². The average Bonchev–Trinajstić information content (AvgIpc) is 2.01. The summed E-state index contributed by atoms with van der Waals surface area (Å²) in [6, 6.07) is 1.19. The maximum Gasteiger partial charge on any atom is 0.417 e. The molecule has 7 heteroatoms. The number of nitriles is 1. The minimum atomic E-state index is -4.90. The lowest BCUT2D eigenvalue weighted by Gasteiger charge is -2.17. The third-order valence-electron chi connectivity index (χ3n) is 1.38. The highest BCUT2D eigenvalue weighted by Gasteiger charge is 2.33. The predicted molar refractivity (Wildman–Crippen MR) is 32.8 cm³/mol. The molecule has 0 amide bonds. The standard InChI is InChI=1S/C7H3F3N2O2/c8-7(9,10)4-1-5(13)12-6(14)3(4)2-11/h1H,(H2,12,13,14)/p-2. The minimum absolute atomic E-state index is 0.125. The van der Waals surface area contributed by atoms with Gasteiger partial charge in [0.25, 0.3) is 0 Å². The highest BCUT2D eigenvalue weighted by molar-refractivity contribution is 5.46. The highest BCUT2D eigenvalue weighted by atomic mass is 19.4. The van der Waals surface area contributed by atoms with E-state index < -0.39 is 29.1 Å². The Bertz CT molecular complexity index is 409. The summed E-state index contributed by atoms with van der Waals surface area (Å²) in [4.78, 5) is 2.68. The summed E-state index contributed by atoms with van der Waals surface area (Å²) < 4.78 is 36.4. The van der Waals surface area contributed by atoms with Gasteiger partial charge in [-0.2, -0.15) is 18.4 Å². The second-order valence-corrected chi connectivity index (χ2v) is 2.30. The zero-order valence-corrected chi connectivity index (χ0v) is 6.42. The first-order valence-corrected chi connectivity index (χ1v) is 3.22. The van der Waals surface area contributed by atoms with Crippen LogP contribution in [-0.4, -0.2) is 4.98 Å². The Kier molecular flexibility index (Phi) is 2.21. The molecule has 1 aromatic heterocycles. The van der Waals surface area contributed by atoms with E-state index in [9.17, 15) is 23.4 Å². The van der Waals surface area contributed by atoms with Gasteiger partial charge >= 0.3 is 6.18 Å². The van der Waals surface area contributed by atoms with Crippen molar-refractivity contribution in [2.75, 3.05) is 0 Å². The first-order valence-electron chi connectivity index (χ1n) is 3.22. The fraction of sp³-hybridized carbons (Fsp3) is 0.143. The van der Waals surface area contributed by atoms with E-state index in [-0.39, 0.29) is 6.07 Å². The lowest BCUT2D eigenvalue weighted by Crippen LogP contribution is -2.13. The lowest BCUT2D eigenvalue weighted by atomic mass is 10.1. The van der Waals surface area contributed by atoms with E-state index in [1.54, 1.807) is 0 Å². The molecule has 0 fully saturated rings. The van der Waals surface area contributed by atoms with Gasteiger partial charge in [0.05, 0.1) is 11.1 Å². The highest BCUT2D eigenvalue weighted by Crippen LogP contribution is 2.34. The molecule has 14 heavy (non-hydrogen) atoms. The molecule has 0 unspecified atom stereocenters. The number of halogens is 3. The lowest BCUT2D eigenvalue weighted by molar-refractivity contribution is -0.294. The van der Waals surface area contributed by atoms with E-state index in [4.69, 9.17) is 5.26 Å². The van der Waals surface area contributed by atoms with Crippen LogP contribution in [0.5, 0.6) is 11.8 Å². The summed E-state index contributed by atoms with van der Waals surface area (Å²) >= 11 is 0. The molecule has 0 saturated carbocycles. The predicted octanol–water partition coefficient (Wildman–Crippen LogP) is 0.119. The van der Waals surface area contributed by atoms with Crippen LogP contribution in [0.4, 0.5) is 13.2 Å². The summed E-state index contributed by atoms with van der Waals surface area (Å²) in [5, 5.41) is 29.5. The molecule has 0 spiro atoms. The number of pyridine rings is 1. The topological polar surface area (TPSA) is 82.8 Å². The van der Waals surface area contributed by atoms with Crippen LogP contribution in [0.2, 0.25) is 0 Å². The second kappa shape index (κ2) is 3.06. The van der Waals surface area contributed by atoms with E-state index in [0.717, 1.165) is 6.07 Å². The number of hydrogen-bond acceptors (Lipinski definition) is 4. The maximum absolute atomic E-state index is 12.1. The fourth-order valence-electron chi connectivity index (χ4n) is 0.831. The van der Waals surface area contributed by atoms with Gasteiger partial charge in [-0.15, -0.1) is 0 Å². The van der Waals surface area contributed by atoms with Gasteiger partial charge in [-0.25, -0.2) is 0 Å². The smallest absolute Gasteiger partial charge is 0.417 e. The van der Waals surface area contributed by atoms with Gasteiger partial charge in [-0.1, -0.05) is 0 Å². The molecular weight excluding hydrogens is 201 g/mol. The molecule has 0 saturated heterocycles. The van der Waals surface area contributed by atoms with Crippen LogP contribution in [0.15, 0.2) is 6.07 Å². The van der Waals surface area contributed by atoms with Crippen LogP contribution in [0.3, 0.4) is 0 Å². The van der Waals surface area contributed by atoms with E-state index in [2.05, 4.69) is 4.98 Å². The summed E-state index contributed by atoms with van der Waals surface area (Å²) in [5.41, 5.74) is -2.69. The zero-order valence-electron chi connectivity index (χ0n) is 6.42. The Labute approximate surface area is 75.9 Å². The van der Waals surface area contributed by atoms with E-state index in [1.807, 2.05) is 0 Å². The van der Waals surface area contributed by atoms with Crippen molar-refractivity contribution in [3.8, 4) is 17.8 Å². The first-order chi connectivity index (χ1) is 6.36. The maximum atomic E-state index is 12.1. The van der Waals surface area contributed by atoms with E-state index >= 15 is 0 Å². The number of nitrogens with zero attached hydrogens (tertiary/aromatic N) is 2. The number of alkyl halides is 3. The van der Waals surface area contributed by atoms with E-state index in [1.165, 1.54) is 0 Å². The molecule has 1 rings (SSSR count). The van der Waals surface area contributed by atoms with Gasteiger partial charge in [0.2, 0.25) is 0 Å². The summed E-state index contributed by atoms with van der Waals surface area (Å²) in [6.07, 6.45) is -4.90. The summed E-state index contributed by atoms with van der Waals surface area (Å²) in [7, 11) is 0. The normalized spacial score (nSPS) is 11.0.